The van der Waals surface area contributed by atoms with E-state index in [-0.39, 0.29) is 35.9 Å². The number of alkyl halides is 3. The van der Waals surface area contributed by atoms with Gasteiger partial charge in [0.05, 0.1) is 16.6 Å². The zero-order valence-corrected chi connectivity index (χ0v) is 28.7. The Hall–Kier alpha value is -4.95. The molecule has 1 aliphatic carbocycles. The van der Waals surface area contributed by atoms with E-state index in [1.165, 1.54) is 12.1 Å². The van der Waals surface area contributed by atoms with Gasteiger partial charge in [0, 0.05) is 68.7 Å². The van der Waals surface area contributed by atoms with Crippen LogP contribution >= 0.6 is 0 Å². The van der Waals surface area contributed by atoms with Gasteiger partial charge in [-0.05, 0) is 92.1 Å². The average Bonchev–Trinajstić information content (AvgIpc) is 3.50. The summed E-state index contributed by atoms with van der Waals surface area (Å²) in [6, 6.07) is 18.0. The first-order valence-electron chi connectivity index (χ1n) is 17.8. The minimum absolute atomic E-state index is 0.0151. The van der Waals surface area contributed by atoms with Crippen LogP contribution < -0.4 is 20.9 Å². The van der Waals surface area contributed by atoms with Gasteiger partial charge in [-0.3, -0.25) is 29.9 Å². The van der Waals surface area contributed by atoms with Gasteiger partial charge < -0.3 is 19.9 Å². The number of imidazole rings is 1. The van der Waals surface area contributed by atoms with E-state index in [0.29, 0.717) is 24.3 Å². The van der Waals surface area contributed by atoms with Crippen molar-refractivity contribution in [1.82, 2.24) is 19.8 Å². The van der Waals surface area contributed by atoms with E-state index in [1.807, 2.05) is 41.0 Å². The molecule has 1 atom stereocenters. The number of imide groups is 1. The Balaban J connectivity index is 1.03. The summed E-state index contributed by atoms with van der Waals surface area (Å²) in [7, 11) is 0. The summed E-state index contributed by atoms with van der Waals surface area (Å²) in [5.41, 5.74) is 3.52. The van der Waals surface area contributed by atoms with Gasteiger partial charge in [0.2, 0.25) is 17.8 Å². The molecule has 2 saturated heterocycles. The number of nitrogens with zero attached hydrogens (tertiary/aromatic N) is 4. The van der Waals surface area contributed by atoms with Gasteiger partial charge in [-0.1, -0.05) is 18.2 Å². The number of piperidine rings is 1. The van der Waals surface area contributed by atoms with E-state index in [1.54, 1.807) is 0 Å². The molecule has 3 heterocycles. The zero-order valence-electron chi connectivity index (χ0n) is 28.7. The standard InChI is InChI=1S/C38H42F3N7O4/c39-38(40,41)27-3-1-2-26(20-27)35(51)45-37-43-32-21-30(12-14-33(32)48(37)29-10-6-25(23-49)7-11-29)47-18-16-46(17-19-47)22-24-4-8-28(9-5-24)42-31-13-15-34(50)44-36(31)52/h1-5,8-9,12,14,20-21,25,29,31,42,49H,6-7,10-11,13,15-19,22-23H2,(H,43,45,51)(H,44,50,52). The molecule has 3 amide bonds. The molecule has 1 unspecified atom stereocenters. The summed E-state index contributed by atoms with van der Waals surface area (Å²) in [5, 5.41) is 18.1. The van der Waals surface area contributed by atoms with Crippen molar-refractivity contribution in [2.75, 3.05) is 48.3 Å². The van der Waals surface area contributed by atoms with E-state index in [4.69, 9.17) is 4.98 Å². The summed E-state index contributed by atoms with van der Waals surface area (Å²) in [4.78, 5) is 46.3. The number of nitrogens with one attached hydrogen (secondary N) is 3. The first-order valence-corrected chi connectivity index (χ1v) is 17.8. The summed E-state index contributed by atoms with van der Waals surface area (Å²) in [6.07, 6.45) is -0.554. The second kappa shape index (κ2) is 15.0. The van der Waals surface area contributed by atoms with Crippen LogP contribution in [-0.4, -0.2) is 76.1 Å². The van der Waals surface area contributed by atoms with Crippen LogP contribution in [0.15, 0.2) is 66.7 Å². The Morgan fingerprint density at radius 3 is 2.37 bits per heavy atom. The number of aromatic nitrogens is 2. The lowest BCUT2D eigenvalue weighted by Crippen LogP contribution is -2.47. The molecule has 4 aromatic rings. The van der Waals surface area contributed by atoms with Gasteiger partial charge in [0.1, 0.15) is 6.04 Å². The summed E-state index contributed by atoms with van der Waals surface area (Å²) in [5.74, 6) is -0.681. The molecule has 4 N–H and O–H groups in total. The molecule has 3 fully saturated rings. The number of piperazine rings is 1. The maximum absolute atomic E-state index is 13.4. The Labute approximate surface area is 299 Å². The van der Waals surface area contributed by atoms with Crippen LogP contribution in [0.4, 0.5) is 30.5 Å². The third-order valence-electron chi connectivity index (χ3n) is 10.5. The lowest BCUT2D eigenvalue weighted by molar-refractivity contribution is -0.137. The Morgan fingerprint density at radius 1 is 0.923 bits per heavy atom. The number of hydrogen-bond donors (Lipinski definition) is 4. The minimum Gasteiger partial charge on any atom is -0.396 e. The zero-order chi connectivity index (χ0) is 36.4. The van der Waals surface area contributed by atoms with Gasteiger partial charge >= 0.3 is 6.18 Å². The molecule has 11 nitrogen and oxygen atoms in total. The third kappa shape index (κ3) is 7.92. The Bertz CT molecular complexity index is 1930. The van der Waals surface area contributed by atoms with Crippen LogP contribution in [0, 0.1) is 5.92 Å². The van der Waals surface area contributed by atoms with Crippen LogP contribution in [0.1, 0.15) is 66.1 Å². The fourth-order valence-electron chi connectivity index (χ4n) is 7.50. The quantitative estimate of drug-likeness (QED) is 0.165. The largest absolute Gasteiger partial charge is 0.416 e. The third-order valence-corrected chi connectivity index (χ3v) is 10.5. The molecule has 274 valence electrons. The highest BCUT2D eigenvalue weighted by Gasteiger charge is 2.32. The molecule has 52 heavy (non-hydrogen) atoms. The number of carbonyl (C=O) groups excluding carboxylic acids is 3. The molecule has 1 aromatic heterocycles. The second-order valence-corrected chi connectivity index (χ2v) is 14.0. The fraction of sp³-hybridized carbons (Fsp3) is 0.421. The van der Waals surface area contributed by atoms with Crippen molar-refractivity contribution in [2.24, 2.45) is 5.92 Å². The van der Waals surface area contributed by atoms with E-state index in [0.717, 1.165) is 93.0 Å². The maximum atomic E-state index is 13.4. The predicted octanol–water partition coefficient (Wildman–Crippen LogP) is 5.57. The van der Waals surface area contributed by atoms with Crippen molar-refractivity contribution in [1.29, 1.82) is 0 Å². The monoisotopic (exact) mass is 717 g/mol. The second-order valence-electron chi connectivity index (χ2n) is 14.0. The van der Waals surface area contributed by atoms with Crippen LogP contribution in [0.3, 0.4) is 0 Å². The topological polar surface area (TPSA) is 132 Å². The van der Waals surface area contributed by atoms with Crippen molar-refractivity contribution >= 4 is 46.1 Å². The van der Waals surface area contributed by atoms with Crippen molar-refractivity contribution in [2.45, 2.75) is 63.3 Å². The molecular weight excluding hydrogens is 675 g/mol. The van der Waals surface area contributed by atoms with Crippen molar-refractivity contribution in [3.63, 3.8) is 0 Å². The van der Waals surface area contributed by atoms with E-state index >= 15 is 0 Å². The van der Waals surface area contributed by atoms with Crippen LogP contribution in [0.25, 0.3) is 11.0 Å². The smallest absolute Gasteiger partial charge is 0.396 e. The molecular formula is C38H42F3N7O4. The van der Waals surface area contributed by atoms with E-state index in [2.05, 4.69) is 31.8 Å². The molecule has 3 aromatic carbocycles. The van der Waals surface area contributed by atoms with Gasteiger partial charge in [0.25, 0.3) is 5.91 Å². The van der Waals surface area contributed by atoms with Gasteiger partial charge in [-0.15, -0.1) is 0 Å². The van der Waals surface area contributed by atoms with Crippen molar-refractivity contribution in [3.05, 3.63) is 83.4 Å². The molecule has 0 spiro atoms. The number of rotatable bonds is 9. The highest BCUT2D eigenvalue weighted by molar-refractivity contribution is 6.04. The van der Waals surface area contributed by atoms with Gasteiger partial charge in [0.15, 0.2) is 0 Å². The minimum atomic E-state index is -4.57. The summed E-state index contributed by atoms with van der Waals surface area (Å²) in [6.45, 7) is 4.19. The van der Waals surface area contributed by atoms with Crippen molar-refractivity contribution in [3.8, 4) is 0 Å². The predicted molar refractivity (Wildman–Crippen MR) is 191 cm³/mol. The van der Waals surface area contributed by atoms with Gasteiger partial charge in [-0.25, -0.2) is 4.98 Å². The fourth-order valence-corrected chi connectivity index (χ4v) is 7.50. The Kier molecular flexibility index (Phi) is 10.2. The SMILES string of the molecule is O=C1CCC(Nc2ccc(CN3CCN(c4ccc5c(c4)nc(NC(=O)c4cccc(C(F)(F)F)c4)n5C4CCC(CO)CC4)CC3)cc2)C(=O)N1. The van der Waals surface area contributed by atoms with Crippen molar-refractivity contribution < 1.29 is 32.7 Å². The van der Waals surface area contributed by atoms with Crippen LogP contribution in [0.2, 0.25) is 0 Å². The molecule has 3 aliphatic rings. The number of aliphatic hydroxyl groups is 1. The number of carbonyl (C=O) groups is 3. The number of anilines is 3. The number of fused-ring (bicyclic) bond motifs is 1. The maximum Gasteiger partial charge on any atom is 0.416 e. The number of benzene rings is 3. The van der Waals surface area contributed by atoms with Crippen LogP contribution in [0.5, 0.6) is 0 Å². The first kappa shape index (κ1) is 35.5. The highest BCUT2D eigenvalue weighted by atomic mass is 19.4. The molecule has 14 heteroatoms. The normalized spacial score (nSPS) is 21.6. The lowest BCUT2D eigenvalue weighted by atomic mass is 9.86. The number of amides is 3. The lowest BCUT2D eigenvalue weighted by Gasteiger charge is -2.36. The highest BCUT2D eigenvalue weighted by Crippen LogP contribution is 2.38. The van der Waals surface area contributed by atoms with E-state index < -0.39 is 23.7 Å². The van der Waals surface area contributed by atoms with E-state index in [9.17, 15) is 32.7 Å². The molecule has 7 rings (SSSR count). The Morgan fingerprint density at radius 2 is 1.67 bits per heavy atom. The van der Waals surface area contributed by atoms with Crippen LogP contribution in [-0.2, 0) is 22.3 Å². The summed E-state index contributed by atoms with van der Waals surface area (Å²) < 4.78 is 42.1. The molecule has 2 aliphatic heterocycles. The number of halogens is 3. The molecule has 1 saturated carbocycles. The molecule has 0 bridgehead atoms. The molecule has 0 radical (unpaired) electrons. The summed E-state index contributed by atoms with van der Waals surface area (Å²) >= 11 is 0. The number of aliphatic hydroxyl groups excluding tert-OH is 1. The van der Waals surface area contributed by atoms with Gasteiger partial charge in [-0.2, -0.15) is 13.2 Å². The number of hydrogen-bond acceptors (Lipinski definition) is 8. The average molecular weight is 718 g/mol. The first-order chi connectivity index (χ1) is 25.0.